The molecule has 0 unspecified atom stereocenters. The molecule has 1 aliphatic rings. The molecule has 1 fully saturated rings. The minimum Gasteiger partial charge on any atom is -0.378 e. The third kappa shape index (κ3) is 5.43. The molecule has 0 radical (unpaired) electrons. The van der Waals surface area contributed by atoms with E-state index in [0.717, 1.165) is 0 Å². The Balaban J connectivity index is 0.00000264. The largest absolute Gasteiger partial charge is 0.378 e. The number of hydrogen-bond acceptors (Lipinski definition) is 5. The van der Waals surface area contributed by atoms with Gasteiger partial charge < -0.3 is 15.4 Å². The third-order valence-corrected chi connectivity index (χ3v) is 4.86. The first kappa shape index (κ1) is 19.9. The lowest BCUT2D eigenvalue weighted by Crippen LogP contribution is -2.40. The number of nitrogens with two attached hydrogens (primary N) is 1. The van der Waals surface area contributed by atoms with Crippen molar-refractivity contribution in [3.05, 3.63) is 29.8 Å². The van der Waals surface area contributed by atoms with Gasteiger partial charge >= 0.3 is 0 Å². The number of benzene rings is 1. The van der Waals surface area contributed by atoms with Crippen LogP contribution < -0.4 is 10.5 Å². The minimum atomic E-state index is -3.55. The van der Waals surface area contributed by atoms with Crippen molar-refractivity contribution in [3.8, 4) is 0 Å². The van der Waals surface area contributed by atoms with Crippen molar-refractivity contribution in [1.82, 2.24) is 9.62 Å². The van der Waals surface area contributed by atoms with Gasteiger partial charge in [0.05, 0.1) is 18.1 Å². The molecule has 7 nitrogen and oxygen atoms in total. The van der Waals surface area contributed by atoms with E-state index in [0.29, 0.717) is 51.4 Å². The zero-order valence-corrected chi connectivity index (χ0v) is 14.4. The Labute approximate surface area is 142 Å². The van der Waals surface area contributed by atoms with E-state index in [2.05, 4.69) is 4.72 Å². The first-order valence-electron chi connectivity index (χ1n) is 7.21. The standard InChI is InChI=1S/C14H21N3O4S.ClH/c15-6-1-7-16-22(19,20)13-4-2-12(3-5-13)14(18)17-8-10-21-11-9-17;/h2-5,16H,1,6-11,15H2;1H. The molecule has 0 saturated carbocycles. The van der Waals surface area contributed by atoms with Crippen LogP contribution in [-0.2, 0) is 14.8 Å². The summed E-state index contributed by atoms with van der Waals surface area (Å²) in [6, 6.07) is 5.96. The topological polar surface area (TPSA) is 102 Å². The summed E-state index contributed by atoms with van der Waals surface area (Å²) < 4.78 is 31.7. The number of nitrogens with one attached hydrogen (secondary N) is 1. The van der Waals surface area contributed by atoms with E-state index in [4.69, 9.17) is 10.5 Å². The van der Waals surface area contributed by atoms with E-state index in [1.54, 1.807) is 4.90 Å². The van der Waals surface area contributed by atoms with E-state index >= 15 is 0 Å². The van der Waals surface area contributed by atoms with Crippen LogP contribution in [0.2, 0.25) is 0 Å². The highest BCUT2D eigenvalue weighted by atomic mass is 35.5. The highest BCUT2D eigenvalue weighted by Crippen LogP contribution is 2.13. The lowest BCUT2D eigenvalue weighted by atomic mass is 10.2. The molecule has 0 aliphatic carbocycles. The van der Waals surface area contributed by atoms with Crippen molar-refractivity contribution in [1.29, 1.82) is 0 Å². The average Bonchev–Trinajstić information content (AvgIpc) is 2.55. The van der Waals surface area contributed by atoms with Gasteiger partial charge in [0.1, 0.15) is 0 Å². The Hall–Kier alpha value is -1.19. The van der Waals surface area contributed by atoms with Crippen molar-refractivity contribution in [2.24, 2.45) is 5.73 Å². The molecular formula is C14H22ClN3O4S. The molecule has 1 aromatic rings. The molecular weight excluding hydrogens is 342 g/mol. The van der Waals surface area contributed by atoms with Crippen molar-refractivity contribution in [2.75, 3.05) is 39.4 Å². The summed E-state index contributed by atoms with van der Waals surface area (Å²) in [4.78, 5) is 14.1. The van der Waals surface area contributed by atoms with E-state index < -0.39 is 10.0 Å². The van der Waals surface area contributed by atoms with Gasteiger partial charge in [0.25, 0.3) is 5.91 Å². The van der Waals surface area contributed by atoms with Gasteiger partial charge in [0, 0.05) is 25.2 Å². The van der Waals surface area contributed by atoms with Crippen LogP contribution >= 0.6 is 12.4 Å². The predicted octanol–water partition coefficient (Wildman–Crippen LogP) is 0.208. The molecule has 9 heteroatoms. The zero-order valence-electron chi connectivity index (χ0n) is 12.7. The molecule has 3 N–H and O–H groups in total. The minimum absolute atomic E-state index is 0. The number of hydrogen-bond donors (Lipinski definition) is 2. The van der Waals surface area contributed by atoms with Crippen LogP contribution in [0.4, 0.5) is 0 Å². The number of amides is 1. The fraction of sp³-hybridized carbons (Fsp3) is 0.500. The maximum atomic E-state index is 12.3. The van der Waals surface area contributed by atoms with Gasteiger partial charge in [-0.05, 0) is 37.2 Å². The fourth-order valence-corrected chi connectivity index (χ4v) is 3.19. The molecule has 1 aliphatic heterocycles. The Morgan fingerprint density at radius 3 is 2.39 bits per heavy atom. The SMILES string of the molecule is Cl.NCCCNS(=O)(=O)c1ccc(C(=O)N2CCOCC2)cc1. The summed E-state index contributed by atoms with van der Waals surface area (Å²) in [7, 11) is -3.55. The lowest BCUT2D eigenvalue weighted by Gasteiger charge is -2.26. The van der Waals surface area contributed by atoms with Crippen LogP contribution in [0.5, 0.6) is 0 Å². The molecule has 0 spiro atoms. The van der Waals surface area contributed by atoms with Gasteiger partial charge in [-0.2, -0.15) is 0 Å². The number of rotatable bonds is 6. The molecule has 1 amide bonds. The summed E-state index contributed by atoms with van der Waals surface area (Å²) in [5, 5.41) is 0. The first-order chi connectivity index (χ1) is 10.5. The van der Waals surface area contributed by atoms with Crippen LogP contribution in [0.15, 0.2) is 29.2 Å². The molecule has 1 saturated heterocycles. The van der Waals surface area contributed by atoms with Gasteiger partial charge in [-0.25, -0.2) is 13.1 Å². The molecule has 1 heterocycles. The van der Waals surface area contributed by atoms with Crippen molar-refractivity contribution >= 4 is 28.3 Å². The van der Waals surface area contributed by atoms with Gasteiger partial charge in [0.15, 0.2) is 0 Å². The zero-order chi connectivity index (χ0) is 16.0. The molecule has 0 aromatic heterocycles. The maximum Gasteiger partial charge on any atom is 0.254 e. The summed E-state index contributed by atoms with van der Waals surface area (Å²) in [6.07, 6.45) is 0.576. The number of nitrogens with zero attached hydrogens (tertiary/aromatic N) is 1. The van der Waals surface area contributed by atoms with Crippen LogP contribution in [0, 0.1) is 0 Å². The van der Waals surface area contributed by atoms with E-state index in [1.165, 1.54) is 24.3 Å². The Bertz CT molecular complexity index is 601. The number of ether oxygens (including phenoxy) is 1. The van der Waals surface area contributed by atoms with Gasteiger partial charge in [-0.3, -0.25) is 4.79 Å². The Morgan fingerprint density at radius 2 is 1.83 bits per heavy atom. The molecule has 0 atom stereocenters. The molecule has 1 aromatic carbocycles. The third-order valence-electron chi connectivity index (χ3n) is 3.38. The summed E-state index contributed by atoms with van der Waals surface area (Å²) in [5.41, 5.74) is 5.81. The average molecular weight is 364 g/mol. The number of morpholine rings is 1. The maximum absolute atomic E-state index is 12.3. The Morgan fingerprint density at radius 1 is 1.22 bits per heavy atom. The van der Waals surface area contributed by atoms with E-state index in [1.807, 2.05) is 0 Å². The predicted molar refractivity (Wildman–Crippen MR) is 89.3 cm³/mol. The van der Waals surface area contributed by atoms with E-state index in [-0.39, 0.29) is 23.2 Å². The van der Waals surface area contributed by atoms with Crippen LogP contribution in [0.25, 0.3) is 0 Å². The quantitative estimate of drug-likeness (QED) is 0.703. The monoisotopic (exact) mass is 363 g/mol. The summed E-state index contributed by atoms with van der Waals surface area (Å²) in [5.74, 6) is -0.108. The normalized spacial score (nSPS) is 15.1. The van der Waals surface area contributed by atoms with Crippen molar-refractivity contribution < 1.29 is 17.9 Å². The molecule has 2 rings (SSSR count). The second kappa shape index (κ2) is 9.19. The second-order valence-electron chi connectivity index (χ2n) is 4.97. The first-order valence-corrected chi connectivity index (χ1v) is 8.70. The van der Waals surface area contributed by atoms with Crippen LogP contribution in [0.1, 0.15) is 16.8 Å². The molecule has 0 bridgehead atoms. The van der Waals surface area contributed by atoms with Gasteiger partial charge in [-0.1, -0.05) is 0 Å². The smallest absolute Gasteiger partial charge is 0.254 e. The number of carbonyl (C=O) groups excluding carboxylic acids is 1. The highest BCUT2D eigenvalue weighted by Gasteiger charge is 2.19. The van der Waals surface area contributed by atoms with Crippen LogP contribution in [0.3, 0.4) is 0 Å². The number of sulfonamides is 1. The van der Waals surface area contributed by atoms with E-state index in [9.17, 15) is 13.2 Å². The molecule has 130 valence electrons. The Kier molecular flexibility index (Phi) is 7.93. The van der Waals surface area contributed by atoms with Crippen molar-refractivity contribution in [3.63, 3.8) is 0 Å². The fourth-order valence-electron chi connectivity index (χ4n) is 2.12. The van der Waals surface area contributed by atoms with Gasteiger partial charge in [0.2, 0.25) is 10.0 Å². The summed E-state index contributed by atoms with van der Waals surface area (Å²) in [6.45, 7) is 2.90. The van der Waals surface area contributed by atoms with Gasteiger partial charge in [-0.15, -0.1) is 12.4 Å². The number of carbonyl (C=O) groups is 1. The summed E-state index contributed by atoms with van der Waals surface area (Å²) >= 11 is 0. The van der Waals surface area contributed by atoms with Crippen molar-refractivity contribution in [2.45, 2.75) is 11.3 Å². The van der Waals surface area contributed by atoms with Crippen LogP contribution in [-0.4, -0.2) is 58.6 Å². The number of halogens is 1. The molecule has 23 heavy (non-hydrogen) atoms. The second-order valence-corrected chi connectivity index (χ2v) is 6.74. The lowest BCUT2D eigenvalue weighted by molar-refractivity contribution is 0.0303. The highest BCUT2D eigenvalue weighted by molar-refractivity contribution is 7.89.